The van der Waals surface area contributed by atoms with Crippen LogP contribution in [0.3, 0.4) is 0 Å². The van der Waals surface area contributed by atoms with Gasteiger partial charge in [0.2, 0.25) is 0 Å². The summed E-state index contributed by atoms with van der Waals surface area (Å²) in [6.45, 7) is 4.40. The minimum absolute atomic E-state index is 0.0665. The third kappa shape index (κ3) is 4.44. The SMILES string of the molecule is COCC1(C(=O)O)CCCN(C(=O)c2cc(Cl)ccc2OC(C)C)C1. The largest absolute Gasteiger partial charge is 0.490 e. The lowest BCUT2D eigenvalue weighted by Gasteiger charge is -2.39. The number of aliphatic carboxylic acids is 1. The fourth-order valence-corrected chi connectivity index (χ4v) is 3.30. The number of hydrogen-bond acceptors (Lipinski definition) is 4. The van der Waals surface area contributed by atoms with Gasteiger partial charge in [0.1, 0.15) is 11.2 Å². The van der Waals surface area contributed by atoms with Crippen LogP contribution in [0.4, 0.5) is 0 Å². The van der Waals surface area contributed by atoms with E-state index in [0.29, 0.717) is 35.7 Å². The Hall–Kier alpha value is -1.79. The molecule has 1 aromatic rings. The van der Waals surface area contributed by atoms with E-state index in [1.165, 1.54) is 7.11 Å². The van der Waals surface area contributed by atoms with Gasteiger partial charge in [0.25, 0.3) is 5.91 Å². The predicted octanol–water partition coefficient (Wildman–Crippen LogP) is 3.08. The van der Waals surface area contributed by atoms with Crippen LogP contribution in [0.15, 0.2) is 18.2 Å². The Kier molecular flexibility index (Phi) is 6.30. The number of halogens is 1. The normalized spacial score (nSPS) is 20.6. The average molecular weight is 370 g/mol. The maximum Gasteiger partial charge on any atom is 0.313 e. The van der Waals surface area contributed by atoms with Gasteiger partial charge in [-0.15, -0.1) is 0 Å². The van der Waals surface area contributed by atoms with E-state index in [9.17, 15) is 14.7 Å². The molecule has 0 bridgehead atoms. The van der Waals surface area contributed by atoms with Crippen LogP contribution in [0.2, 0.25) is 5.02 Å². The lowest BCUT2D eigenvalue weighted by molar-refractivity contribution is -0.155. The molecular weight excluding hydrogens is 346 g/mol. The van der Waals surface area contributed by atoms with Gasteiger partial charge in [0, 0.05) is 25.2 Å². The molecule has 1 atom stereocenters. The van der Waals surface area contributed by atoms with Crippen LogP contribution in [0.5, 0.6) is 5.75 Å². The molecule has 1 aliphatic rings. The molecule has 1 aromatic carbocycles. The Labute approximate surface area is 152 Å². The molecule has 1 aliphatic heterocycles. The number of carboxylic acid groups (broad SMARTS) is 1. The minimum Gasteiger partial charge on any atom is -0.490 e. The molecule has 1 unspecified atom stereocenters. The first kappa shape index (κ1) is 19.5. The van der Waals surface area contributed by atoms with Crippen LogP contribution in [-0.4, -0.2) is 54.8 Å². The number of amides is 1. The number of carboxylic acids is 1. The first-order chi connectivity index (χ1) is 11.8. The average Bonchev–Trinajstić information content (AvgIpc) is 2.56. The second-order valence-corrected chi connectivity index (χ2v) is 7.09. The van der Waals surface area contributed by atoms with Crippen molar-refractivity contribution < 1.29 is 24.2 Å². The summed E-state index contributed by atoms with van der Waals surface area (Å²) in [7, 11) is 1.47. The number of ether oxygens (including phenoxy) is 2. The maximum atomic E-state index is 13.0. The summed E-state index contributed by atoms with van der Waals surface area (Å²) in [6, 6.07) is 4.90. The number of nitrogens with zero attached hydrogens (tertiary/aromatic N) is 1. The van der Waals surface area contributed by atoms with Gasteiger partial charge >= 0.3 is 5.97 Å². The van der Waals surface area contributed by atoms with Gasteiger partial charge in [0.05, 0.1) is 18.3 Å². The Balaban J connectivity index is 2.31. The smallest absolute Gasteiger partial charge is 0.313 e. The number of likely N-dealkylation sites (tertiary alicyclic amines) is 1. The molecule has 1 saturated heterocycles. The Bertz CT molecular complexity index is 644. The highest BCUT2D eigenvalue weighted by Gasteiger charge is 2.44. The highest BCUT2D eigenvalue weighted by Crippen LogP contribution is 2.33. The van der Waals surface area contributed by atoms with Crippen LogP contribution < -0.4 is 4.74 Å². The van der Waals surface area contributed by atoms with Gasteiger partial charge in [-0.25, -0.2) is 0 Å². The van der Waals surface area contributed by atoms with Crippen LogP contribution >= 0.6 is 11.6 Å². The molecular formula is C18H24ClNO5. The molecule has 0 aliphatic carbocycles. The molecule has 0 radical (unpaired) electrons. The van der Waals surface area contributed by atoms with Gasteiger partial charge in [-0.1, -0.05) is 11.6 Å². The Morgan fingerprint density at radius 2 is 2.12 bits per heavy atom. The van der Waals surface area contributed by atoms with Crippen LogP contribution in [0.1, 0.15) is 37.0 Å². The molecule has 1 N–H and O–H groups in total. The first-order valence-electron chi connectivity index (χ1n) is 8.27. The standard InChI is InChI=1S/C18H24ClNO5/c1-12(2)25-15-6-5-13(19)9-14(15)16(21)20-8-4-7-18(10-20,11-24-3)17(22)23/h5-6,9,12H,4,7-8,10-11H2,1-3H3,(H,22,23). The quantitative estimate of drug-likeness (QED) is 0.833. The van der Waals surface area contributed by atoms with Crippen LogP contribution in [0.25, 0.3) is 0 Å². The molecule has 6 nitrogen and oxygen atoms in total. The molecule has 7 heteroatoms. The third-order valence-corrected chi connectivity index (χ3v) is 4.51. The lowest BCUT2D eigenvalue weighted by Crippen LogP contribution is -2.52. The maximum absolute atomic E-state index is 13.0. The zero-order chi connectivity index (χ0) is 18.6. The summed E-state index contributed by atoms with van der Waals surface area (Å²) >= 11 is 6.05. The summed E-state index contributed by atoms with van der Waals surface area (Å²) in [5.41, 5.74) is -0.736. The molecule has 25 heavy (non-hydrogen) atoms. The summed E-state index contributed by atoms with van der Waals surface area (Å²) in [5, 5.41) is 10.1. The third-order valence-electron chi connectivity index (χ3n) is 4.27. The van der Waals surface area contributed by atoms with Gasteiger partial charge in [-0.05, 0) is 44.9 Å². The van der Waals surface area contributed by atoms with Gasteiger partial charge in [-0.3, -0.25) is 9.59 Å². The molecule has 0 aromatic heterocycles. The second kappa shape index (κ2) is 8.06. The summed E-state index contributed by atoms with van der Waals surface area (Å²) in [4.78, 5) is 26.3. The summed E-state index contributed by atoms with van der Waals surface area (Å²) < 4.78 is 10.8. The van der Waals surface area contributed by atoms with Crippen molar-refractivity contribution in [3.63, 3.8) is 0 Å². The molecule has 138 valence electrons. The highest BCUT2D eigenvalue weighted by atomic mass is 35.5. The molecule has 0 spiro atoms. The van der Waals surface area contributed by atoms with Crippen LogP contribution in [0, 0.1) is 5.41 Å². The van der Waals surface area contributed by atoms with Crippen molar-refractivity contribution >= 4 is 23.5 Å². The van der Waals surface area contributed by atoms with E-state index in [1.807, 2.05) is 13.8 Å². The topological polar surface area (TPSA) is 76.1 Å². The van der Waals surface area contributed by atoms with Crippen LogP contribution in [-0.2, 0) is 9.53 Å². The zero-order valence-electron chi connectivity index (χ0n) is 14.8. The van der Waals surface area contributed by atoms with E-state index in [2.05, 4.69) is 0 Å². The molecule has 1 fully saturated rings. The van der Waals surface area contributed by atoms with Crippen molar-refractivity contribution in [2.24, 2.45) is 5.41 Å². The van der Waals surface area contributed by atoms with E-state index in [4.69, 9.17) is 21.1 Å². The molecule has 1 heterocycles. The highest BCUT2D eigenvalue weighted by molar-refractivity contribution is 6.31. The monoisotopic (exact) mass is 369 g/mol. The Morgan fingerprint density at radius 3 is 2.72 bits per heavy atom. The van der Waals surface area contributed by atoms with E-state index in [0.717, 1.165) is 0 Å². The lowest BCUT2D eigenvalue weighted by atomic mass is 9.80. The van der Waals surface area contributed by atoms with Crippen molar-refractivity contribution in [2.75, 3.05) is 26.8 Å². The fraction of sp³-hybridized carbons (Fsp3) is 0.556. The van der Waals surface area contributed by atoms with Crippen molar-refractivity contribution in [1.29, 1.82) is 0 Å². The minimum atomic E-state index is -1.08. The molecule has 2 rings (SSSR count). The second-order valence-electron chi connectivity index (χ2n) is 6.66. The first-order valence-corrected chi connectivity index (χ1v) is 8.65. The van der Waals surface area contributed by atoms with Gasteiger partial charge in [0.15, 0.2) is 0 Å². The number of benzene rings is 1. The number of rotatable bonds is 6. The van der Waals surface area contributed by atoms with E-state index in [-0.39, 0.29) is 25.2 Å². The number of piperidine rings is 1. The predicted molar refractivity (Wildman–Crippen MR) is 94.3 cm³/mol. The van der Waals surface area contributed by atoms with Gasteiger partial charge < -0.3 is 19.5 Å². The van der Waals surface area contributed by atoms with Crippen molar-refractivity contribution in [1.82, 2.24) is 4.90 Å². The molecule has 1 amide bonds. The number of carbonyl (C=O) groups is 2. The van der Waals surface area contributed by atoms with E-state index >= 15 is 0 Å². The Morgan fingerprint density at radius 1 is 1.40 bits per heavy atom. The van der Waals surface area contributed by atoms with E-state index in [1.54, 1.807) is 23.1 Å². The molecule has 0 saturated carbocycles. The van der Waals surface area contributed by atoms with Crippen molar-refractivity contribution in [3.8, 4) is 5.75 Å². The summed E-state index contributed by atoms with van der Waals surface area (Å²) in [6.07, 6.45) is 0.980. The van der Waals surface area contributed by atoms with E-state index < -0.39 is 11.4 Å². The van der Waals surface area contributed by atoms with Crippen molar-refractivity contribution in [2.45, 2.75) is 32.8 Å². The zero-order valence-corrected chi connectivity index (χ0v) is 15.5. The fourth-order valence-electron chi connectivity index (χ4n) is 3.13. The number of hydrogen-bond donors (Lipinski definition) is 1. The van der Waals surface area contributed by atoms with Gasteiger partial charge in [-0.2, -0.15) is 0 Å². The number of methoxy groups -OCH3 is 1. The number of carbonyl (C=O) groups excluding carboxylic acids is 1. The van der Waals surface area contributed by atoms with Crippen molar-refractivity contribution in [3.05, 3.63) is 28.8 Å². The summed E-state index contributed by atoms with van der Waals surface area (Å²) in [5.74, 6) is -0.779.